The lowest BCUT2D eigenvalue weighted by atomic mass is 10.1. The molecule has 1 fully saturated rings. The second-order valence-electron chi connectivity index (χ2n) is 3.93. The molecule has 0 bridgehead atoms. The van der Waals surface area contributed by atoms with Gasteiger partial charge in [-0.05, 0) is 12.1 Å². The van der Waals surface area contributed by atoms with Gasteiger partial charge in [0.2, 0.25) is 0 Å². The van der Waals surface area contributed by atoms with E-state index < -0.39 is 37.1 Å². The Morgan fingerprint density at radius 2 is 2.39 bits per heavy atom. The lowest BCUT2D eigenvalue weighted by Gasteiger charge is -2.14. The molecule has 1 amide bonds. The Hall–Kier alpha value is -1.57. The molecule has 1 unspecified atom stereocenters. The third-order valence-electron chi connectivity index (χ3n) is 2.69. The van der Waals surface area contributed by atoms with Crippen LogP contribution in [0.4, 0.5) is 4.39 Å². The lowest BCUT2D eigenvalue weighted by molar-refractivity contribution is -0.0293. The van der Waals surface area contributed by atoms with E-state index in [-0.39, 0.29) is 5.56 Å². The molecule has 0 radical (unpaired) electrons. The van der Waals surface area contributed by atoms with E-state index in [1.807, 2.05) is 0 Å². The molecule has 3 N–H and O–H groups in total. The molecule has 2 heterocycles. The fraction of sp³-hybridized carbons (Fsp3) is 0.455. The van der Waals surface area contributed by atoms with Gasteiger partial charge >= 0.3 is 0 Å². The summed E-state index contributed by atoms with van der Waals surface area (Å²) in [6, 6.07) is 3.09. The first-order chi connectivity index (χ1) is 8.63. The minimum Gasteiger partial charge on any atom is -0.394 e. The van der Waals surface area contributed by atoms with E-state index in [0.717, 1.165) is 0 Å². The van der Waals surface area contributed by atoms with Gasteiger partial charge in [-0.3, -0.25) is 9.78 Å². The van der Waals surface area contributed by atoms with Crippen LogP contribution in [0.25, 0.3) is 0 Å². The summed E-state index contributed by atoms with van der Waals surface area (Å²) >= 11 is 0. The molecule has 4 atom stereocenters. The van der Waals surface area contributed by atoms with Gasteiger partial charge in [0.05, 0.1) is 12.2 Å². The molecule has 7 heteroatoms. The zero-order valence-corrected chi connectivity index (χ0v) is 9.36. The zero-order chi connectivity index (χ0) is 13.1. The molecule has 1 saturated heterocycles. The number of carbonyl (C=O) groups is 1. The summed E-state index contributed by atoms with van der Waals surface area (Å²) in [5, 5.41) is 20.5. The molecule has 0 aliphatic carbocycles. The topological polar surface area (TPSA) is 91.7 Å². The molecule has 18 heavy (non-hydrogen) atoms. The molecule has 98 valence electrons. The minimum atomic E-state index is -1.78. The van der Waals surface area contributed by atoms with Gasteiger partial charge in [0, 0.05) is 12.4 Å². The molecule has 1 aromatic rings. The second kappa shape index (κ2) is 5.38. The van der Waals surface area contributed by atoms with Gasteiger partial charge in [0.15, 0.2) is 12.4 Å². The van der Waals surface area contributed by atoms with Crippen LogP contribution in [0.2, 0.25) is 0 Å². The van der Waals surface area contributed by atoms with Gasteiger partial charge in [0.1, 0.15) is 12.2 Å². The van der Waals surface area contributed by atoms with Gasteiger partial charge < -0.3 is 20.3 Å². The smallest absolute Gasteiger partial charge is 0.254 e. The first-order valence-electron chi connectivity index (χ1n) is 5.43. The van der Waals surface area contributed by atoms with E-state index in [4.69, 9.17) is 9.84 Å². The van der Waals surface area contributed by atoms with Crippen LogP contribution in [0.3, 0.4) is 0 Å². The second-order valence-corrected chi connectivity index (χ2v) is 3.93. The Labute approximate surface area is 102 Å². The monoisotopic (exact) mass is 256 g/mol. The molecular weight excluding hydrogens is 243 g/mol. The lowest BCUT2D eigenvalue weighted by Crippen LogP contribution is -2.41. The van der Waals surface area contributed by atoms with Crippen molar-refractivity contribution in [3.05, 3.63) is 30.1 Å². The number of carbonyl (C=O) groups excluding carboxylic acids is 1. The predicted molar refractivity (Wildman–Crippen MR) is 58.4 cm³/mol. The molecule has 0 spiro atoms. The Kier molecular flexibility index (Phi) is 3.85. The SMILES string of the molecule is O=C(NC1O[C@H](CO)[C@@H](O)[C@H]1F)c1cccnc1. The first-order valence-corrected chi connectivity index (χ1v) is 5.43. The number of aliphatic hydroxyl groups excluding tert-OH is 2. The Bertz CT molecular complexity index is 417. The maximum atomic E-state index is 13.6. The number of nitrogens with one attached hydrogen (secondary N) is 1. The first kappa shape index (κ1) is 12.9. The summed E-state index contributed by atoms with van der Waals surface area (Å²) in [5.74, 6) is -0.554. The Morgan fingerprint density at radius 3 is 2.94 bits per heavy atom. The standard InChI is InChI=1S/C11H13FN2O4/c12-8-9(16)7(5-15)18-11(8)14-10(17)6-2-1-3-13-4-6/h1-4,7-9,11,15-16H,5H2,(H,14,17)/t7-,8-,9-,11?/m1/s1. The molecular formula is C11H13FN2O4. The molecule has 1 aliphatic heterocycles. The van der Waals surface area contributed by atoms with Crippen molar-refractivity contribution in [2.45, 2.75) is 24.6 Å². The number of amides is 1. The van der Waals surface area contributed by atoms with E-state index in [1.54, 1.807) is 6.07 Å². The highest BCUT2D eigenvalue weighted by molar-refractivity contribution is 5.93. The van der Waals surface area contributed by atoms with Crippen LogP contribution >= 0.6 is 0 Å². The molecule has 6 nitrogen and oxygen atoms in total. The van der Waals surface area contributed by atoms with Crippen molar-refractivity contribution in [1.82, 2.24) is 10.3 Å². The number of alkyl halides is 1. The summed E-state index contributed by atoms with van der Waals surface area (Å²) in [7, 11) is 0. The molecule has 1 aliphatic rings. The van der Waals surface area contributed by atoms with Crippen LogP contribution in [0.15, 0.2) is 24.5 Å². The zero-order valence-electron chi connectivity index (χ0n) is 9.36. The van der Waals surface area contributed by atoms with Crippen molar-refractivity contribution in [3.8, 4) is 0 Å². The van der Waals surface area contributed by atoms with Crippen LogP contribution in [-0.2, 0) is 4.74 Å². The fourth-order valence-electron chi connectivity index (χ4n) is 1.70. The van der Waals surface area contributed by atoms with Crippen molar-refractivity contribution in [2.24, 2.45) is 0 Å². The number of hydrogen-bond donors (Lipinski definition) is 3. The normalized spacial score (nSPS) is 31.3. The third kappa shape index (κ3) is 2.47. The summed E-state index contributed by atoms with van der Waals surface area (Å²) in [5.41, 5.74) is 0.259. The average Bonchev–Trinajstić information content (AvgIpc) is 2.67. The van der Waals surface area contributed by atoms with Gasteiger partial charge in [-0.25, -0.2) is 4.39 Å². The number of pyridine rings is 1. The van der Waals surface area contributed by atoms with Gasteiger partial charge in [-0.1, -0.05) is 0 Å². The number of rotatable bonds is 3. The van der Waals surface area contributed by atoms with Crippen molar-refractivity contribution in [1.29, 1.82) is 0 Å². The number of hydrogen-bond acceptors (Lipinski definition) is 5. The Balaban J connectivity index is 2.00. The molecule has 1 aromatic heterocycles. The highest BCUT2D eigenvalue weighted by Crippen LogP contribution is 2.22. The molecule has 2 rings (SSSR count). The number of aromatic nitrogens is 1. The van der Waals surface area contributed by atoms with Crippen LogP contribution in [0.5, 0.6) is 0 Å². The molecule has 0 saturated carbocycles. The highest BCUT2D eigenvalue weighted by atomic mass is 19.1. The number of aliphatic hydroxyl groups is 2. The van der Waals surface area contributed by atoms with E-state index in [0.29, 0.717) is 0 Å². The van der Waals surface area contributed by atoms with Crippen molar-refractivity contribution in [3.63, 3.8) is 0 Å². The fourth-order valence-corrected chi connectivity index (χ4v) is 1.70. The average molecular weight is 256 g/mol. The largest absolute Gasteiger partial charge is 0.394 e. The minimum absolute atomic E-state index is 0.259. The van der Waals surface area contributed by atoms with Crippen LogP contribution < -0.4 is 5.32 Å². The van der Waals surface area contributed by atoms with Crippen molar-refractivity contribution < 1.29 is 24.1 Å². The number of ether oxygens (including phenoxy) is 1. The van der Waals surface area contributed by atoms with E-state index in [2.05, 4.69) is 10.3 Å². The molecule has 0 aromatic carbocycles. The number of halogens is 1. The van der Waals surface area contributed by atoms with Crippen LogP contribution in [0, 0.1) is 0 Å². The summed E-state index contributed by atoms with van der Waals surface area (Å²) in [6.45, 7) is -0.513. The van der Waals surface area contributed by atoms with Crippen molar-refractivity contribution in [2.75, 3.05) is 6.61 Å². The van der Waals surface area contributed by atoms with E-state index in [9.17, 15) is 14.3 Å². The van der Waals surface area contributed by atoms with Crippen LogP contribution in [-0.4, -0.2) is 52.3 Å². The Morgan fingerprint density at radius 1 is 1.61 bits per heavy atom. The highest BCUT2D eigenvalue weighted by Gasteiger charge is 2.44. The van der Waals surface area contributed by atoms with E-state index in [1.165, 1.54) is 18.5 Å². The summed E-state index contributed by atoms with van der Waals surface area (Å²) in [4.78, 5) is 15.5. The van der Waals surface area contributed by atoms with Gasteiger partial charge in [-0.2, -0.15) is 0 Å². The maximum Gasteiger partial charge on any atom is 0.254 e. The van der Waals surface area contributed by atoms with Crippen molar-refractivity contribution >= 4 is 5.91 Å². The quantitative estimate of drug-likeness (QED) is 0.660. The maximum absolute atomic E-state index is 13.6. The van der Waals surface area contributed by atoms with Crippen LogP contribution in [0.1, 0.15) is 10.4 Å². The summed E-state index contributed by atoms with van der Waals surface area (Å²) in [6.07, 6.45) is -2.69. The van der Waals surface area contributed by atoms with E-state index >= 15 is 0 Å². The van der Waals surface area contributed by atoms with Gasteiger partial charge in [-0.15, -0.1) is 0 Å². The predicted octanol–water partition coefficient (Wildman–Crippen LogP) is -0.772. The van der Waals surface area contributed by atoms with Gasteiger partial charge in [0.25, 0.3) is 5.91 Å². The third-order valence-corrected chi connectivity index (χ3v) is 2.69. The summed E-state index contributed by atoms with van der Waals surface area (Å²) < 4.78 is 18.6. The number of nitrogens with zero attached hydrogens (tertiary/aromatic N) is 1.